The van der Waals surface area contributed by atoms with Crippen LogP contribution >= 0.6 is 11.3 Å². The van der Waals surface area contributed by atoms with E-state index in [-0.39, 0.29) is 5.41 Å². The van der Waals surface area contributed by atoms with E-state index < -0.39 is 0 Å². The molecule has 3 nitrogen and oxygen atoms in total. The average Bonchev–Trinajstić information content (AvgIpc) is 2.79. The molecule has 2 rings (SSSR count). The van der Waals surface area contributed by atoms with E-state index in [4.69, 9.17) is 0 Å². The summed E-state index contributed by atoms with van der Waals surface area (Å²) >= 11 is 1.58. The Morgan fingerprint density at radius 2 is 1.94 bits per heavy atom. The van der Waals surface area contributed by atoms with Crippen LogP contribution in [0.5, 0.6) is 0 Å². The first-order chi connectivity index (χ1) is 8.55. The minimum Gasteiger partial charge on any atom is -0.253 e. The maximum absolute atomic E-state index is 4.51. The summed E-state index contributed by atoms with van der Waals surface area (Å²) in [7, 11) is 0. The second kappa shape index (κ2) is 5.31. The molecule has 0 aliphatic rings. The van der Waals surface area contributed by atoms with E-state index >= 15 is 0 Å². The molecule has 0 radical (unpaired) electrons. The lowest BCUT2D eigenvalue weighted by molar-refractivity contribution is 0.573. The number of aromatic nitrogens is 1. The van der Waals surface area contributed by atoms with Crippen molar-refractivity contribution in [3.8, 4) is 0 Å². The molecule has 0 unspecified atom stereocenters. The highest BCUT2D eigenvalue weighted by molar-refractivity contribution is 7.13. The number of hydrogen-bond donors (Lipinski definition) is 1. The van der Waals surface area contributed by atoms with E-state index in [2.05, 4.69) is 41.7 Å². The highest BCUT2D eigenvalue weighted by atomic mass is 32.1. The van der Waals surface area contributed by atoms with E-state index in [0.717, 1.165) is 16.4 Å². The Labute approximate surface area is 112 Å². The van der Waals surface area contributed by atoms with Crippen molar-refractivity contribution < 1.29 is 0 Å². The third-order valence-electron chi connectivity index (χ3n) is 2.45. The maximum atomic E-state index is 4.51. The van der Waals surface area contributed by atoms with Gasteiger partial charge < -0.3 is 0 Å². The zero-order valence-corrected chi connectivity index (χ0v) is 11.7. The fraction of sp³-hybridized carbons (Fsp3) is 0.286. The molecule has 0 saturated carbocycles. The van der Waals surface area contributed by atoms with Crippen molar-refractivity contribution in [2.45, 2.75) is 26.2 Å². The number of hydrogen-bond acceptors (Lipinski definition) is 4. The molecule has 0 bridgehead atoms. The molecular formula is C14H17N3S. The molecule has 18 heavy (non-hydrogen) atoms. The van der Waals surface area contributed by atoms with E-state index in [0.29, 0.717) is 0 Å². The van der Waals surface area contributed by atoms with Crippen molar-refractivity contribution in [1.29, 1.82) is 0 Å². The van der Waals surface area contributed by atoms with E-state index in [1.54, 1.807) is 17.6 Å². The second-order valence-electron chi connectivity index (χ2n) is 5.07. The van der Waals surface area contributed by atoms with Crippen LogP contribution in [-0.2, 0) is 5.41 Å². The largest absolute Gasteiger partial charge is 0.253 e. The highest BCUT2D eigenvalue weighted by Gasteiger charge is 2.17. The quantitative estimate of drug-likeness (QED) is 0.670. The van der Waals surface area contributed by atoms with Gasteiger partial charge in [-0.2, -0.15) is 5.10 Å². The summed E-state index contributed by atoms with van der Waals surface area (Å²) in [6.07, 6.45) is 1.79. The van der Waals surface area contributed by atoms with Crippen LogP contribution in [0, 0.1) is 0 Å². The predicted octanol–water partition coefficient (Wildman–Crippen LogP) is 3.89. The van der Waals surface area contributed by atoms with E-state index in [1.807, 2.05) is 30.3 Å². The molecule has 1 N–H and O–H groups in total. The number of thiazole rings is 1. The highest BCUT2D eigenvalue weighted by Crippen LogP contribution is 2.26. The maximum Gasteiger partial charge on any atom is 0.203 e. The van der Waals surface area contributed by atoms with Gasteiger partial charge >= 0.3 is 0 Å². The third-order valence-corrected chi connectivity index (χ3v) is 3.19. The lowest BCUT2D eigenvalue weighted by atomic mass is 9.93. The molecule has 94 valence electrons. The van der Waals surface area contributed by atoms with Crippen molar-refractivity contribution in [2.24, 2.45) is 5.10 Å². The minimum atomic E-state index is 0.0829. The van der Waals surface area contributed by atoms with Crippen LogP contribution in [0.1, 0.15) is 32.0 Å². The van der Waals surface area contributed by atoms with Gasteiger partial charge in [0.2, 0.25) is 5.13 Å². The molecule has 0 amide bonds. The Balaban J connectivity index is 1.99. The van der Waals surface area contributed by atoms with Crippen LogP contribution in [-0.4, -0.2) is 11.2 Å². The van der Waals surface area contributed by atoms with Gasteiger partial charge in [-0.05, 0) is 5.56 Å². The first-order valence-corrected chi connectivity index (χ1v) is 6.74. The zero-order chi connectivity index (χ0) is 13.0. The van der Waals surface area contributed by atoms with Gasteiger partial charge in [0.15, 0.2) is 0 Å². The topological polar surface area (TPSA) is 37.3 Å². The molecule has 2 aromatic rings. The van der Waals surface area contributed by atoms with E-state index in [1.165, 1.54) is 0 Å². The normalized spacial score (nSPS) is 11.9. The van der Waals surface area contributed by atoms with Crippen LogP contribution in [0.15, 0.2) is 40.8 Å². The van der Waals surface area contributed by atoms with Crippen LogP contribution in [0.4, 0.5) is 5.13 Å². The predicted molar refractivity (Wildman–Crippen MR) is 78.5 cm³/mol. The average molecular weight is 259 g/mol. The summed E-state index contributed by atoms with van der Waals surface area (Å²) in [6, 6.07) is 9.98. The summed E-state index contributed by atoms with van der Waals surface area (Å²) in [5, 5.41) is 7.08. The number of hydrazone groups is 1. The molecule has 1 heterocycles. The molecule has 0 fully saturated rings. The molecule has 0 saturated heterocycles. The fourth-order valence-corrected chi connectivity index (χ4v) is 2.26. The summed E-state index contributed by atoms with van der Waals surface area (Å²) in [4.78, 5) is 4.51. The number of rotatable bonds is 3. The van der Waals surface area contributed by atoms with Gasteiger partial charge in [0, 0.05) is 10.8 Å². The Bertz CT molecular complexity index is 523. The molecule has 1 aromatic heterocycles. The molecule has 0 aliphatic carbocycles. The van der Waals surface area contributed by atoms with Crippen LogP contribution in [0.2, 0.25) is 0 Å². The van der Waals surface area contributed by atoms with Gasteiger partial charge in [0.1, 0.15) is 0 Å². The first-order valence-electron chi connectivity index (χ1n) is 5.86. The lowest BCUT2D eigenvalue weighted by Gasteiger charge is -2.13. The monoisotopic (exact) mass is 259 g/mol. The van der Waals surface area contributed by atoms with E-state index in [9.17, 15) is 0 Å². The second-order valence-corrected chi connectivity index (χ2v) is 5.93. The standard InChI is InChI=1S/C14H17N3S/c1-14(2,3)12-10-18-13(16-12)17-15-9-11-7-5-4-6-8-11/h4-10H,1-3H3,(H,16,17). The molecular weight excluding hydrogens is 242 g/mol. The van der Waals surface area contributed by atoms with Gasteiger partial charge in [-0.15, -0.1) is 11.3 Å². The van der Waals surface area contributed by atoms with Crippen LogP contribution < -0.4 is 5.43 Å². The molecule has 1 aromatic carbocycles. The minimum absolute atomic E-state index is 0.0829. The molecule has 0 aliphatic heterocycles. The Morgan fingerprint density at radius 1 is 1.22 bits per heavy atom. The summed E-state index contributed by atoms with van der Waals surface area (Å²) in [5.41, 5.74) is 5.20. The molecule has 0 spiro atoms. The Hall–Kier alpha value is -1.68. The summed E-state index contributed by atoms with van der Waals surface area (Å²) in [6.45, 7) is 6.46. The van der Waals surface area contributed by atoms with Gasteiger partial charge in [-0.1, -0.05) is 51.1 Å². The fourth-order valence-electron chi connectivity index (χ4n) is 1.37. The molecule has 0 atom stereocenters. The summed E-state index contributed by atoms with van der Waals surface area (Å²) < 4.78 is 0. The lowest BCUT2D eigenvalue weighted by Crippen LogP contribution is -2.11. The van der Waals surface area contributed by atoms with Crippen molar-refractivity contribution in [3.05, 3.63) is 47.0 Å². The van der Waals surface area contributed by atoms with Gasteiger partial charge in [0.25, 0.3) is 0 Å². The summed E-state index contributed by atoms with van der Waals surface area (Å²) in [5.74, 6) is 0. The smallest absolute Gasteiger partial charge is 0.203 e. The Morgan fingerprint density at radius 3 is 2.56 bits per heavy atom. The number of nitrogens with one attached hydrogen (secondary N) is 1. The van der Waals surface area contributed by atoms with Crippen molar-refractivity contribution >= 4 is 22.7 Å². The molecule has 4 heteroatoms. The number of nitrogens with zero attached hydrogens (tertiary/aromatic N) is 2. The Kier molecular flexibility index (Phi) is 3.77. The zero-order valence-electron chi connectivity index (χ0n) is 10.8. The van der Waals surface area contributed by atoms with Crippen molar-refractivity contribution in [1.82, 2.24) is 4.98 Å². The van der Waals surface area contributed by atoms with Crippen LogP contribution in [0.3, 0.4) is 0 Å². The van der Waals surface area contributed by atoms with Crippen molar-refractivity contribution in [2.75, 3.05) is 5.43 Å². The number of benzene rings is 1. The van der Waals surface area contributed by atoms with Gasteiger partial charge in [0.05, 0.1) is 11.9 Å². The first kappa shape index (κ1) is 12.8. The third kappa shape index (κ3) is 3.40. The van der Waals surface area contributed by atoms with Gasteiger partial charge in [-0.25, -0.2) is 4.98 Å². The number of anilines is 1. The van der Waals surface area contributed by atoms with Crippen molar-refractivity contribution in [3.63, 3.8) is 0 Å². The van der Waals surface area contributed by atoms with Crippen LogP contribution in [0.25, 0.3) is 0 Å². The van der Waals surface area contributed by atoms with Gasteiger partial charge in [-0.3, -0.25) is 5.43 Å². The SMILES string of the molecule is CC(C)(C)c1csc(NN=Cc2ccccc2)n1.